The van der Waals surface area contributed by atoms with Gasteiger partial charge in [-0.3, -0.25) is 4.57 Å². The van der Waals surface area contributed by atoms with Crippen molar-refractivity contribution >= 4 is 60.1 Å². The normalized spacial score (nSPS) is 18.4. The summed E-state index contributed by atoms with van der Waals surface area (Å²) in [5.41, 5.74) is -0.400. The van der Waals surface area contributed by atoms with Crippen LogP contribution < -0.4 is 9.62 Å². The monoisotopic (exact) mass is 621 g/mol. The van der Waals surface area contributed by atoms with Crippen LogP contribution in [0.25, 0.3) is 27.1 Å². The first kappa shape index (κ1) is 28.0. The molecule has 1 saturated heterocycles. The van der Waals surface area contributed by atoms with Gasteiger partial charge in [0.2, 0.25) is 15.2 Å². The van der Waals surface area contributed by atoms with Gasteiger partial charge in [0.05, 0.1) is 32.9 Å². The smallest absolute Gasteiger partial charge is 0.291 e. The van der Waals surface area contributed by atoms with Gasteiger partial charge in [-0.2, -0.15) is 9.98 Å². The molecule has 12 nitrogen and oxygen atoms in total. The Morgan fingerprint density at radius 2 is 1.88 bits per heavy atom. The van der Waals surface area contributed by atoms with E-state index in [2.05, 4.69) is 24.9 Å². The van der Waals surface area contributed by atoms with E-state index in [0.29, 0.717) is 78.1 Å². The molecule has 0 amide bonds. The molecule has 3 aromatic heterocycles. The van der Waals surface area contributed by atoms with Crippen molar-refractivity contribution in [1.82, 2.24) is 33.8 Å². The van der Waals surface area contributed by atoms with Crippen molar-refractivity contribution in [3.8, 4) is 11.2 Å². The molecule has 1 aliphatic heterocycles. The van der Waals surface area contributed by atoms with E-state index < -0.39 is 38.0 Å². The zero-order valence-corrected chi connectivity index (χ0v) is 24.4. The number of piperazine rings is 1. The van der Waals surface area contributed by atoms with E-state index in [-0.39, 0.29) is 15.3 Å². The number of sulfonamides is 1. The van der Waals surface area contributed by atoms with Gasteiger partial charge in [-0.1, -0.05) is 17.4 Å². The van der Waals surface area contributed by atoms with Gasteiger partial charge in [0, 0.05) is 36.8 Å². The lowest BCUT2D eigenvalue weighted by molar-refractivity contribution is 0.150. The predicted molar refractivity (Wildman–Crippen MR) is 150 cm³/mol. The standard InChI is InChI=1S/C24H25F2N9O3S3/c1-14(2)40(36)34-9-7-33(8-10-34)20-18-16-4-3-15(41(37,38)32-24(12-27)5-6-24)11-17(16)35(21(18)29-13-28-20)23-31-30-22(39-23)19(25)26/h3-4,11,13-14,19,32H,5-10H2,1-2H3. The van der Waals surface area contributed by atoms with Crippen LogP contribution in [0.1, 0.15) is 38.1 Å². The summed E-state index contributed by atoms with van der Waals surface area (Å²) in [5, 5.41) is 17.8. The molecule has 0 spiro atoms. The van der Waals surface area contributed by atoms with Gasteiger partial charge in [0.1, 0.15) is 17.7 Å². The topological polar surface area (TPSA) is 150 Å². The first-order chi connectivity index (χ1) is 19.5. The number of anilines is 1. The number of halogens is 2. The highest BCUT2D eigenvalue weighted by Gasteiger charge is 2.47. The molecule has 17 heteroatoms. The Hall–Kier alpha value is -3.17. The number of aromatic nitrogens is 5. The third-order valence-corrected chi connectivity index (χ3v) is 11.2. The second kappa shape index (κ2) is 10.3. The first-order valence-corrected chi connectivity index (χ1v) is 16.3. The van der Waals surface area contributed by atoms with Crippen LogP contribution in [0.5, 0.6) is 0 Å². The third kappa shape index (κ3) is 4.97. The number of hydrogen-bond donors (Lipinski definition) is 1. The van der Waals surface area contributed by atoms with Crippen molar-refractivity contribution < 1.29 is 21.4 Å². The number of nitrogens with zero attached hydrogens (tertiary/aromatic N) is 8. The van der Waals surface area contributed by atoms with E-state index in [0.717, 1.165) is 0 Å². The zero-order valence-electron chi connectivity index (χ0n) is 22.0. The summed E-state index contributed by atoms with van der Waals surface area (Å²) in [6, 6.07) is 6.50. The molecular formula is C24H25F2N9O3S3. The largest absolute Gasteiger partial charge is 0.353 e. The Bertz CT molecular complexity index is 1820. The van der Waals surface area contributed by atoms with E-state index in [1.54, 1.807) is 6.07 Å². The van der Waals surface area contributed by atoms with Crippen molar-refractivity contribution in [2.75, 3.05) is 31.1 Å². The van der Waals surface area contributed by atoms with Crippen LogP contribution in [0, 0.1) is 11.3 Å². The van der Waals surface area contributed by atoms with Crippen molar-refractivity contribution in [1.29, 1.82) is 5.26 Å². The van der Waals surface area contributed by atoms with Gasteiger partial charge >= 0.3 is 0 Å². The number of nitriles is 1. The number of rotatable bonds is 8. The molecule has 1 atom stereocenters. The maximum absolute atomic E-state index is 13.4. The molecular weight excluding hydrogens is 597 g/mol. The Labute approximate surface area is 240 Å². The third-order valence-electron chi connectivity index (χ3n) is 7.11. The summed E-state index contributed by atoms with van der Waals surface area (Å²) in [4.78, 5) is 11.0. The molecule has 0 bridgehead atoms. The van der Waals surface area contributed by atoms with E-state index in [1.165, 1.54) is 23.0 Å². The second-order valence-corrected chi connectivity index (χ2v) is 14.9. The summed E-state index contributed by atoms with van der Waals surface area (Å²) in [6.45, 7) is 6.01. The maximum Gasteiger partial charge on any atom is 0.291 e. The minimum atomic E-state index is -4.07. The Morgan fingerprint density at radius 3 is 2.49 bits per heavy atom. The summed E-state index contributed by atoms with van der Waals surface area (Å²) in [7, 11) is -5.18. The molecule has 4 heterocycles. The fourth-order valence-corrected chi connectivity index (χ4v) is 8.09. The molecule has 2 fully saturated rings. The van der Waals surface area contributed by atoms with Crippen LogP contribution in [0.2, 0.25) is 0 Å². The number of alkyl halides is 2. The number of nitrogens with one attached hydrogen (secondary N) is 1. The summed E-state index contributed by atoms with van der Waals surface area (Å²) >= 11 is 0.681. The number of benzene rings is 1. The highest BCUT2D eigenvalue weighted by atomic mass is 32.2. The molecule has 41 heavy (non-hydrogen) atoms. The molecule has 216 valence electrons. The lowest BCUT2D eigenvalue weighted by Crippen LogP contribution is -2.48. The van der Waals surface area contributed by atoms with E-state index in [4.69, 9.17) is 0 Å². The van der Waals surface area contributed by atoms with Crippen molar-refractivity contribution in [2.45, 2.75) is 48.8 Å². The molecule has 1 saturated carbocycles. The molecule has 1 unspecified atom stereocenters. The molecule has 0 radical (unpaired) electrons. The van der Waals surface area contributed by atoms with E-state index >= 15 is 0 Å². The van der Waals surface area contributed by atoms with Gasteiger partial charge in [-0.05, 0) is 38.8 Å². The van der Waals surface area contributed by atoms with Crippen molar-refractivity contribution in [2.24, 2.45) is 0 Å². The number of fused-ring (bicyclic) bond motifs is 3. The molecule has 1 N–H and O–H groups in total. The lowest BCUT2D eigenvalue weighted by Gasteiger charge is -2.35. The van der Waals surface area contributed by atoms with Crippen LogP contribution in [0.3, 0.4) is 0 Å². The summed E-state index contributed by atoms with van der Waals surface area (Å²) < 4.78 is 71.9. The van der Waals surface area contributed by atoms with Crippen LogP contribution in [-0.4, -0.2) is 78.6 Å². The number of hydrogen-bond acceptors (Lipinski definition) is 10. The lowest BCUT2D eigenvalue weighted by atomic mass is 10.2. The fourth-order valence-electron chi connectivity index (χ4n) is 4.86. The highest BCUT2D eigenvalue weighted by molar-refractivity contribution is 7.89. The molecule has 6 rings (SSSR count). The average molecular weight is 622 g/mol. The van der Waals surface area contributed by atoms with E-state index in [9.17, 15) is 26.7 Å². The Morgan fingerprint density at radius 1 is 1.15 bits per heavy atom. The summed E-state index contributed by atoms with van der Waals surface area (Å²) in [6.07, 6.45) is -0.621. The Kier molecular flexibility index (Phi) is 7.01. The Balaban J connectivity index is 1.49. The minimum absolute atomic E-state index is 0.00163. The van der Waals surface area contributed by atoms with Crippen LogP contribution in [0.4, 0.5) is 14.6 Å². The minimum Gasteiger partial charge on any atom is -0.353 e. The molecule has 1 aliphatic carbocycles. The van der Waals surface area contributed by atoms with E-state index in [1.807, 2.05) is 29.1 Å². The quantitative estimate of drug-likeness (QED) is 0.313. The van der Waals surface area contributed by atoms with Crippen molar-refractivity contribution in [3.63, 3.8) is 0 Å². The fraction of sp³-hybridized carbons (Fsp3) is 0.458. The van der Waals surface area contributed by atoms with Crippen LogP contribution in [0.15, 0.2) is 29.4 Å². The molecule has 2 aliphatic rings. The van der Waals surface area contributed by atoms with Crippen molar-refractivity contribution in [3.05, 3.63) is 29.5 Å². The maximum atomic E-state index is 13.4. The van der Waals surface area contributed by atoms with Crippen LogP contribution >= 0.6 is 11.3 Å². The second-order valence-electron chi connectivity index (χ2n) is 10.2. The molecule has 4 aromatic rings. The highest BCUT2D eigenvalue weighted by Crippen LogP contribution is 2.40. The van der Waals surface area contributed by atoms with Gasteiger partial charge in [0.25, 0.3) is 6.43 Å². The van der Waals surface area contributed by atoms with Gasteiger partial charge in [0.15, 0.2) is 10.7 Å². The van der Waals surface area contributed by atoms with Gasteiger partial charge in [-0.25, -0.2) is 35.7 Å². The van der Waals surface area contributed by atoms with Gasteiger partial charge in [-0.15, -0.1) is 10.2 Å². The first-order valence-electron chi connectivity index (χ1n) is 12.8. The van der Waals surface area contributed by atoms with Gasteiger partial charge < -0.3 is 4.90 Å². The zero-order chi connectivity index (χ0) is 29.1. The summed E-state index contributed by atoms with van der Waals surface area (Å²) in [5.74, 6) is 0.586. The molecule has 1 aromatic carbocycles. The average Bonchev–Trinajstić information content (AvgIpc) is 3.39. The van der Waals surface area contributed by atoms with Crippen LogP contribution in [-0.2, 0) is 21.0 Å². The SMILES string of the molecule is CC(C)S(=O)N1CCN(c2ncnc3c2c2ccc(S(=O)(=O)NC4(C#N)CC4)cc2n3-c2nnc(C(F)F)s2)CC1. The predicted octanol–water partition coefficient (Wildman–Crippen LogP) is 2.89.